The molecule has 2 rings (SSSR count). The second kappa shape index (κ2) is 5.19. The van der Waals surface area contributed by atoms with Gasteiger partial charge in [-0.05, 0) is 22.4 Å². The summed E-state index contributed by atoms with van der Waals surface area (Å²) in [6, 6.07) is -0.477. The number of hydrogen-bond donors (Lipinski definition) is 1. The van der Waals surface area contributed by atoms with E-state index in [1.54, 1.807) is 0 Å². The van der Waals surface area contributed by atoms with Crippen LogP contribution in [0.25, 0.3) is 0 Å². The molecule has 1 aromatic heterocycles. The quantitative estimate of drug-likeness (QED) is 0.655. The molecule has 1 atom stereocenters. The van der Waals surface area contributed by atoms with Crippen LogP contribution in [0, 0.1) is 0 Å². The van der Waals surface area contributed by atoms with Crippen LogP contribution in [0.3, 0.4) is 0 Å². The van der Waals surface area contributed by atoms with Crippen molar-refractivity contribution in [1.82, 2.24) is 14.9 Å². The number of hydrogen-bond acceptors (Lipinski definition) is 5. The van der Waals surface area contributed by atoms with E-state index in [0.29, 0.717) is 23.1 Å². The molecule has 96 valence electrons. The number of halogens is 2. The Morgan fingerprint density at radius 1 is 1.50 bits per heavy atom. The zero-order valence-electron chi connectivity index (χ0n) is 9.48. The monoisotopic (exact) mass is 332 g/mol. The van der Waals surface area contributed by atoms with Crippen molar-refractivity contribution in [3.63, 3.8) is 0 Å². The van der Waals surface area contributed by atoms with Crippen LogP contribution in [0.15, 0.2) is 10.8 Å². The van der Waals surface area contributed by atoms with Gasteiger partial charge in [-0.3, -0.25) is 14.5 Å². The van der Waals surface area contributed by atoms with Gasteiger partial charge in [0.1, 0.15) is 23.3 Å². The SMILES string of the molecule is CN1C(=O)CCC(Nc2ncnc(Cl)c2Br)C1=O. The minimum absolute atomic E-state index is 0.169. The number of carbonyl (C=O) groups is 2. The van der Waals surface area contributed by atoms with Crippen molar-refractivity contribution < 1.29 is 9.59 Å². The summed E-state index contributed by atoms with van der Waals surface area (Å²) in [6.07, 6.45) is 2.07. The molecule has 0 radical (unpaired) electrons. The summed E-state index contributed by atoms with van der Waals surface area (Å²) >= 11 is 9.07. The molecule has 1 N–H and O–H groups in total. The fourth-order valence-electron chi connectivity index (χ4n) is 1.66. The molecule has 1 aliphatic rings. The predicted molar refractivity (Wildman–Crippen MR) is 69.2 cm³/mol. The summed E-state index contributed by atoms with van der Waals surface area (Å²) in [5.74, 6) is 0.00168. The van der Waals surface area contributed by atoms with Gasteiger partial charge in [-0.25, -0.2) is 9.97 Å². The largest absolute Gasteiger partial charge is 0.357 e. The Hall–Kier alpha value is -1.21. The second-order valence-corrected chi connectivity index (χ2v) is 5.00. The molecule has 0 saturated carbocycles. The van der Waals surface area contributed by atoms with Crippen molar-refractivity contribution in [2.75, 3.05) is 12.4 Å². The highest BCUT2D eigenvalue weighted by molar-refractivity contribution is 9.10. The summed E-state index contributed by atoms with van der Waals surface area (Å²) in [4.78, 5) is 32.2. The standard InChI is InChI=1S/C10H10BrClN4O2/c1-16-6(17)3-2-5(10(16)18)15-9-7(11)8(12)13-4-14-9/h4-5H,2-3H2,1H3,(H,13,14,15). The van der Waals surface area contributed by atoms with Crippen LogP contribution >= 0.6 is 27.5 Å². The van der Waals surface area contributed by atoms with Gasteiger partial charge in [-0.2, -0.15) is 0 Å². The van der Waals surface area contributed by atoms with Crippen molar-refractivity contribution in [3.8, 4) is 0 Å². The number of rotatable bonds is 2. The lowest BCUT2D eigenvalue weighted by Crippen LogP contribution is -2.48. The number of aromatic nitrogens is 2. The molecule has 18 heavy (non-hydrogen) atoms. The first kappa shape index (κ1) is 13.2. The number of likely N-dealkylation sites (tertiary alicyclic amines) is 1. The van der Waals surface area contributed by atoms with E-state index < -0.39 is 6.04 Å². The smallest absolute Gasteiger partial charge is 0.251 e. The fourth-order valence-corrected chi connectivity index (χ4v) is 2.12. The third-order valence-electron chi connectivity index (χ3n) is 2.71. The summed E-state index contributed by atoms with van der Waals surface area (Å²) in [6.45, 7) is 0. The van der Waals surface area contributed by atoms with E-state index in [0.717, 1.165) is 4.90 Å². The fraction of sp³-hybridized carbons (Fsp3) is 0.400. The van der Waals surface area contributed by atoms with Gasteiger partial charge in [-0.15, -0.1) is 0 Å². The first-order valence-corrected chi connectivity index (χ1v) is 6.40. The lowest BCUT2D eigenvalue weighted by molar-refractivity contribution is -0.146. The van der Waals surface area contributed by atoms with Crippen molar-refractivity contribution in [2.45, 2.75) is 18.9 Å². The first-order valence-electron chi connectivity index (χ1n) is 5.23. The average Bonchev–Trinajstić information content (AvgIpc) is 2.35. The highest BCUT2D eigenvalue weighted by Crippen LogP contribution is 2.27. The molecule has 2 heterocycles. The highest BCUT2D eigenvalue weighted by atomic mass is 79.9. The van der Waals surface area contributed by atoms with Crippen molar-refractivity contribution in [2.24, 2.45) is 0 Å². The molecule has 1 unspecified atom stereocenters. The number of imide groups is 1. The molecule has 1 saturated heterocycles. The Labute approximate surface area is 117 Å². The van der Waals surface area contributed by atoms with Gasteiger partial charge in [0.05, 0.1) is 4.47 Å². The molecule has 0 spiro atoms. The van der Waals surface area contributed by atoms with E-state index in [4.69, 9.17) is 11.6 Å². The van der Waals surface area contributed by atoms with Crippen LogP contribution < -0.4 is 5.32 Å². The van der Waals surface area contributed by atoms with Crippen molar-refractivity contribution in [3.05, 3.63) is 16.0 Å². The van der Waals surface area contributed by atoms with Crippen LogP contribution in [-0.4, -0.2) is 39.8 Å². The average molecular weight is 334 g/mol. The number of carbonyl (C=O) groups excluding carboxylic acids is 2. The van der Waals surface area contributed by atoms with E-state index in [9.17, 15) is 9.59 Å². The van der Waals surface area contributed by atoms with Gasteiger partial charge in [0.15, 0.2) is 0 Å². The molecule has 2 amide bonds. The zero-order valence-corrected chi connectivity index (χ0v) is 11.8. The predicted octanol–water partition coefficient (Wildman–Crippen LogP) is 1.45. The maximum Gasteiger partial charge on any atom is 0.251 e. The third-order valence-corrected chi connectivity index (χ3v) is 3.97. The van der Waals surface area contributed by atoms with Gasteiger partial charge in [0.25, 0.3) is 5.91 Å². The Kier molecular flexibility index (Phi) is 3.82. The van der Waals surface area contributed by atoms with E-state index in [-0.39, 0.29) is 17.0 Å². The first-order chi connectivity index (χ1) is 8.50. The number of piperidine rings is 1. The normalized spacial score (nSPS) is 20.2. The van der Waals surface area contributed by atoms with Crippen molar-refractivity contribution >= 4 is 45.2 Å². The Balaban J connectivity index is 2.17. The Bertz CT molecular complexity index is 511. The molecule has 1 aromatic rings. The van der Waals surface area contributed by atoms with Gasteiger partial charge >= 0.3 is 0 Å². The maximum atomic E-state index is 11.9. The topological polar surface area (TPSA) is 75.2 Å². The van der Waals surface area contributed by atoms with Gasteiger partial charge in [-0.1, -0.05) is 11.6 Å². The van der Waals surface area contributed by atoms with Crippen LogP contribution in [0.4, 0.5) is 5.82 Å². The third kappa shape index (κ3) is 2.46. The molecule has 1 fully saturated rings. The minimum atomic E-state index is -0.477. The number of nitrogens with one attached hydrogen (secondary N) is 1. The van der Waals surface area contributed by atoms with Crippen LogP contribution in [0.2, 0.25) is 5.15 Å². The van der Waals surface area contributed by atoms with E-state index in [1.165, 1.54) is 13.4 Å². The number of likely N-dealkylation sites (N-methyl/N-ethyl adjacent to an activating group) is 1. The highest BCUT2D eigenvalue weighted by Gasteiger charge is 2.32. The summed E-state index contributed by atoms with van der Waals surface area (Å²) in [5, 5.41) is 3.23. The molecular weight excluding hydrogens is 323 g/mol. The van der Waals surface area contributed by atoms with Crippen molar-refractivity contribution in [1.29, 1.82) is 0 Å². The lowest BCUT2D eigenvalue weighted by Gasteiger charge is -2.28. The summed E-state index contributed by atoms with van der Waals surface area (Å²) in [7, 11) is 1.47. The summed E-state index contributed by atoms with van der Waals surface area (Å²) < 4.78 is 0.499. The minimum Gasteiger partial charge on any atom is -0.357 e. The Morgan fingerprint density at radius 3 is 2.94 bits per heavy atom. The molecule has 8 heteroatoms. The maximum absolute atomic E-state index is 11.9. The Morgan fingerprint density at radius 2 is 2.22 bits per heavy atom. The van der Waals surface area contributed by atoms with Gasteiger partial charge in [0.2, 0.25) is 5.91 Å². The van der Waals surface area contributed by atoms with E-state index in [2.05, 4.69) is 31.2 Å². The lowest BCUT2D eigenvalue weighted by atomic mass is 10.0. The number of anilines is 1. The molecule has 6 nitrogen and oxygen atoms in total. The number of amides is 2. The molecule has 0 aliphatic carbocycles. The number of nitrogens with zero attached hydrogens (tertiary/aromatic N) is 3. The van der Waals surface area contributed by atoms with Crippen LogP contribution in [-0.2, 0) is 9.59 Å². The van der Waals surface area contributed by atoms with E-state index >= 15 is 0 Å². The molecule has 0 aromatic carbocycles. The summed E-state index contributed by atoms with van der Waals surface area (Å²) in [5.41, 5.74) is 0. The zero-order chi connectivity index (χ0) is 13.3. The van der Waals surface area contributed by atoms with Gasteiger partial charge < -0.3 is 5.32 Å². The molecular formula is C10H10BrClN4O2. The van der Waals surface area contributed by atoms with Crippen LogP contribution in [0.5, 0.6) is 0 Å². The van der Waals surface area contributed by atoms with Gasteiger partial charge in [0, 0.05) is 13.5 Å². The van der Waals surface area contributed by atoms with E-state index in [1.807, 2.05) is 0 Å². The second-order valence-electron chi connectivity index (χ2n) is 3.85. The molecule has 0 bridgehead atoms. The van der Waals surface area contributed by atoms with Crippen LogP contribution in [0.1, 0.15) is 12.8 Å². The molecule has 1 aliphatic heterocycles.